The highest BCUT2D eigenvalue weighted by atomic mass is 16.6. The Bertz CT molecular complexity index is 286. The number of allylic oxidation sites excluding steroid dienone is 1. The highest BCUT2D eigenvalue weighted by Gasteiger charge is 2.18. The lowest BCUT2D eigenvalue weighted by Gasteiger charge is -2.11. The maximum absolute atomic E-state index is 11.5. The molecule has 0 bridgehead atoms. The van der Waals surface area contributed by atoms with Crippen LogP contribution in [0.3, 0.4) is 0 Å². The summed E-state index contributed by atoms with van der Waals surface area (Å²) in [5.74, 6) is -0.805. The van der Waals surface area contributed by atoms with Crippen molar-refractivity contribution < 1.29 is 19.1 Å². The smallest absolute Gasteiger partial charge is 0.347 e. The van der Waals surface area contributed by atoms with Crippen molar-refractivity contribution in [1.82, 2.24) is 0 Å². The molecule has 0 spiro atoms. The van der Waals surface area contributed by atoms with Gasteiger partial charge in [-0.15, -0.1) is 6.58 Å². The van der Waals surface area contributed by atoms with Crippen LogP contribution in [0.2, 0.25) is 0 Å². The summed E-state index contributed by atoms with van der Waals surface area (Å²) in [5.41, 5.74) is 0. The van der Waals surface area contributed by atoms with E-state index in [1.54, 1.807) is 6.92 Å². The fourth-order valence-electron chi connectivity index (χ4n) is 1.83. The van der Waals surface area contributed by atoms with E-state index in [4.69, 9.17) is 9.47 Å². The standard InChI is InChI=1S/C16H28O4/c1-4-6-7-8-9-10-11-12-13-15(17)20-14(3)16(18)19-5-2/h4,14H,1,5-13H2,2-3H3. The number of hydrogen-bond acceptors (Lipinski definition) is 4. The lowest BCUT2D eigenvalue weighted by atomic mass is 10.1. The lowest BCUT2D eigenvalue weighted by molar-refractivity contribution is -0.166. The van der Waals surface area contributed by atoms with E-state index in [9.17, 15) is 9.59 Å². The molecule has 0 saturated heterocycles. The van der Waals surface area contributed by atoms with Gasteiger partial charge in [0.25, 0.3) is 0 Å². The summed E-state index contributed by atoms with van der Waals surface area (Å²) in [6, 6.07) is 0. The zero-order valence-electron chi connectivity index (χ0n) is 12.9. The third-order valence-corrected chi connectivity index (χ3v) is 2.97. The fraction of sp³-hybridized carbons (Fsp3) is 0.750. The Labute approximate surface area is 122 Å². The molecule has 0 aliphatic rings. The van der Waals surface area contributed by atoms with Crippen LogP contribution in [0.25, 0.3) is 0 Å². The second-order valence-electron chi connectivity index (χ2n) is 4.83. The predicted molar refractivity (Wildman–Crippen MR) is 79.3 cm³/mol. The largest absolute Gasteiger partial charge is 0.463 e. The molecule has 0 heterocycles. The normalized spacial score (nSPS) is 11.7. The second kappa shape index (κ2) is 12.7. The Kier molecular flexibility index (Phi) is 11.9. The van der Waals surface area contributed by atoms with Crippen LogP contribution >= 0.6 is 0 Å². The van der Waals surface area contributed by atoms with Crippen molar-refractivity contribution in [2.45, 2.75) is 71.3 Å². The molecular formula is C16H28O4. The van der Waals surface area contributed by atoms with Gasteiger partial charge in [0.05, 0.1) is 6.61 Å². The number of carbonyl (C=O) groups excluding carboxylic acids is 2. The van der Waals surface area contributed by atoms with Crippen molar-refractivity contribution in [2.75, 3.05) is 6.61 Å². The van der Waals surface area contributed by atoms with Crippen molar-refractivity contribution in [3.05, 3.63) is 12.7 Å². The molecule has 0 aromatic rings. The average molecular weight is 284 g/mol. The van der Waals surface area contributed by atoms with Crippen molar-refractivity contribution in [3.63, 3.8) is 0 Å². The zero-order valence-corrected chi connectivity index (χ0v) is 12.9. The average Bonchev–Trinajstić information content (AvgIpc) is 2.42. The monoisotopic (exact) mass is 284 g/mol. The number of esters is 2. The molecule has 0 aromatic carbocycles. The third-order valence-electron chi connectivity index (χ3n) is 2.97. The molecule has 0 N–H and O–H groups in total. The Morgan fingerprint density at radius 3 is 2.30 bits per heavy atom. The molecule has 20 heavy (non-hydrogen) atoms. The Morgan fingerprint density at radius 1 is 1.10 bits per heavy atom. The topological polar surface area (TPSA) is 52.6 Å². The van der Waals surface area contributed by atoms with Crippen LogP contribution < -0.4 is 0 Å². The maximum Gasteiger partial charge on any atom is 0.347 e. The quantitative estimate of drug-likeness (QED) is 0.311. The number of ether oxygens (including phenoxy) is 2. The van der Waals surface area contributed by atoms with Crippen molar-refractivity contribution in [1.29, 1.82) is 0 Å². The van der Waals surface area contributed by atoms with Gasteiger partial charge in [-0.1, -0.05) is 31.8 Å². The van der Waals surface area contributed by atoms with Crippen molar-refractivity contribution in [2.24, 2.45) is 0 Å². The number of rotatable bonds is 12. The minimum absolute atomic E-state index is 0.298. The van der Waals surface area contributed by atoms with E-state index >= 15 is 0 Å². The van der Waals surface area contributed by atoms with E-state index < -0.39 is 12.1 Å². The molecule has 0 aliphatic carbocycles. The molecule has 0 aliphatic heterocycles. The molecule has 4 heteroatoms. The molecule has 0 fully saturated rings. The summed E-state index contributed by atoms with van der Waals surface area (Å²) >= 11 is 0. The minimum atomic E-state index is -0.804. The molecule has 0 rings (SSSR count). The van der Waals surface area contributed by atoms with E-state index in [0.717, 1.165) is 25.7 Å². The van der Waals surface area contributed by atoms with Crippen molar-refractivity contribution in [3.8, 4) is 0 Å². The van der Waals surface area contributed by atoms with Gasteiger partial charge < -0.3 is 9.47 Å². The van der Waals surface area contributed by atoms with Gasteiger partial charge >= 0.3 is 11.9 Å². The summed E-state index contributed by atoms with van der Waals surface area (Å²) in [6.07, 6.45) is 9.18. The Morgan fingerprint density at radius 2 is 1.70 bits per heavy atom. The molecule has 1 atom stereocenters. The van der Waals surface area contributed by atoms with E-state index in [2.05, 4.69) is 6.58 Å². The first-order valence-electron chi connectivity index (χ1n) is 7.58. The Hall–Kier alpha value is -1.32. The van der Waals surface area contributed by atoms with Gasteiger partial charge in [0.2, 0.25) is 0 Å². The summed E-state index contributed by atoms with van der Waals surface area (Å²) in [7, 11) is 0. The van der Waals surface area contributed by atoms with E-state index in [1.807, 2.05) is 6.08 Å². The molecular weight excluding hydrogens is 256 g/mol. The summed E-state index contributed by atoms with van der Waals surface area (Å²) in [5, 5.41) is 0. The maximum atomic E-state index is 11.5. The van der Waals surface area contributed by atoms with Gasteiger partial charge in [0.1, 0.15) is 0 Å². The van der Waals surface area contributed by atoms with Gasteiger partial charge in [0, 0.05) is 6.42 Å². The van der Waals surface area contributed by atoms with Crippen molar-refractivity contribution >= 4 is 11.9 Å². The van der Waals surface area contributed by atoms with Crippen LogP contribution in [0.1, 0.15) is 65.2 Å². The highest BCUT2D eigenvalue weighted by molar-refractivity contribution is 5.78. The van der Waals surface area contributed by atoms with Crippen LogP contribution in [-0.4, -0.2) is 24.6 Å². The van der Waals surface area contributed by atoms with Gasteiger partial charge in [0.15, 0.2) is 6.10 Å². The van der Waals surface area contributed by atoms with E-state index in [-0.39, 0.29) is 5.97 Å². The molecule has 4 nitrogen and oxygen atoms in total. The molecule has 0 amide bonds. The third kappa shape index (κ3) is 10.6. The first-order valence-corrected chi connectivity index (χ1v) is 7.58. The van der Waals surface area contributed by atoms with Gasteiger partial charge in [-0.3, -0.25) is 4.79 Å². The molecule has 1 unspecified atom stereocenters. The molecule has 116 valence electrons. The van der Waals surface area contributed by atoms with Crippen LogP contribution in [0.4, 0.5) is 0 Å². The Balaban J connectivity index is 3.49. The van der Waals surface area contributed by atoms with Crippen LogP contribution in [-0.2, 0) is 19.1 Å². The van der Waals surface area contributed by atoms with E-state index in [1.165, 1.54) is 26.2 Å². The lowest BCUT2D eigenvalue weighted by Crippen LogP contribution is -2.26. The number of unbranched alkanes of at least 4 members (excludes halogenated alkanes) is 6. The van der Waals surface area contributed by atoms with Crippen LogP contribution in [0, 0.1) is 0 Å². The van der Waals surface area contributed by atoms with Gasteiger partial charge in [-0.05, 0) is 33.1 Å². The molecule has 0 aromatic heterocycles. The second-order valence-corrected chi connectivity index (χ2v) is 4.83. The highest BCUT2D eigenvalue weighted by Crippen LogP contribution is 2.09. The number of hydrogen-bond donors (Lipinski definition) is 0. The zero-order chi connectivity index (χ0) is 15.2. The van der Waals surface area contributed by atoms with Gasteiger partial charge in [-0.2, -0.15) is 0 Å². The summed E-state index contributed by atoms with van der Waals surface area (Å²) in [6.45, 7) is 7.25. The fourth-order valence-corrected chi connectivity index (χ4v) is 1.83. The first-order chi connectivity index (χ1) is 9.61. The number of carbonyl (C=O) groups is 2. The molecule has 0 radical (unpaired) electrons. The SMILES string of the molecule is C=CCCCCCCCCC(=O)OC(C)C(=O)OCC. The van der Waals surface area contributed by atoms with E-state index in [0.29, 0.717) is 13.0 Å². The summed E-state index contributed by atoms with van der Waals surface area (Å²) < 4.78 is 9.77. The minimum Gasteiger partial charge on any atom is -0.463 e. The molecule has 0 saturated carbocycles. The van der Waals surface area contributed by atoms with Crippen LogP contribution in [0.5, 0.6) is 0 Å². The van der Waals surface area contributed by atoms with Gasteiger partial charge in [-0.25, -0.2) is 4.79 Å². The predicted octanol–water partition coefficient (Wildman–Crippen LogP) is 3.79. The first kappa shape index (κ1) is 18.7. The van der Waals surface area contributed by atoms with Crippen LogP contribution in [0.15, 0.2) is 12.7 Å². The summed E-state index contributed by atoms with van der Waals surface area (Å²) in [4.78, 5) is 22.8.